The Kier molecular flexibility index (Phi) is 19.3. The summed E-state index contributed by atoms with van der Waals surface area (Å²) >= 11 is 0. The Labute approximate surface area is 195 Å². The maximum absolute atomic E-state index is 13.9. The second-order valence-electron chi connectivity index (χ2n) is 8.49. The second kappa shape index (κ2) is 20.5. The lowest BCUT2D eigenvalue weighted by molar-refractivity contribution is -0.167. The van der Waals surface area contributed by atoms with Gasteiger partial charge >= 0.3 is 23.9 Å². The molecule has 0 spiro atoms. The van der Waals surface area contributed by atoms with Gasteiger partial charge in [0.2, 0.25) is 0 Å². The van der Waals surface area contributed by atoms with Crippen molar-refractivity contribution >= 4 is 23.9 Å². The maximum Gasteiger partial charge on any atom is 0.348 e. The van der Waals surface area contributed by atoms with Gasteiger partial charge in [-0.25, -0.2) is 18.4 Å². The van der Waals surface area contributed by atoms with Crippen LogP contribution in [0.4, 0.5) is 8.78 Å². The fourth-order valence-electron chi connectivity index (χ4n) is 3.43. The molecule has 0 aliphatic rings. The fraction of sp³-hybridized carbons (Fsp3) is 0.833. The van der Waals surface area contributed by atoms with Crippen LogP contribution in [0.15, 0.2) is 0 Å². The Bertz CT molecular complexity index is 521. The highest BCUT2D eigenvalue weighted by Gasteiger charge is 2.26. The lowest BCUT2D eigenvalue weighted by atomic mass is 10.1. The number of carbonyl (C=O) groups is 4. The van der Waals surface area contributed by atoms with Gasteiger partial charge in [-0.15, -0.1) is 0 Å². The van der Waals surface area contributed by atoms with Gasteiger partial charge in [0.05, 0.1) is 0 Å². The summed E-state index contributed by atoms with van der Waals surface area (Å²) in [6, 6.07) is 0. The summed E-state index contributed by atoms with van der Waals surface area (Å²) in [6.07, 6.45) is 6.94. The number of unbranched alkanes of at least 4 members (excludes halogenated alkanes) is 12. The molecule has 0 heterocycles. The molecule has 7 nitrogen and oxygen atoms in total. The summed E-state index contributed by atoms with van der Waals surface area (Å²) < 4.78 is 32.1. The molecule has 0 fully saturated rings. The molecule has 0 amide bonds. The van der Waals surface area contributed by atoms with Gasteiger partial charge in [0.15, 0.2) is 12.3 Å². The molecular formula is C24H40F2O7. The lowest BCUT2D eigenvalue weighted by Gasteiger charge is -2.10. The number of carbonyl (C=O) groups excluding carboxylic acids is 2. The number of aliphatic carboxylic acids is 2. The Balaban J connectivity index is 3.69. The lowest BCUT2D eigenvalue weighted by Crippen LogP contribution is -2.27. The number of rotatable bonds is 22. The molecule has 0 aromatic rings. The minimum atomic E-state index is -1.95. The highest BCUT2D eigenvalue weighted by atomic mass is 19.1. The van der Waals surface area contributed by atoms with Gasteiger partial charge in [-0.2, -0.15) is 0 Å². The fourth-order valence-corrected chi connectivity index (χ4v) is 3.43. The van der Waals surface area contributed by atoms with Gasteiger partial charge in [-0.3, -0.25) is 9.59 Å². The van der Waals surface area contributed by atoms with Crippen molar-refractivity contribution in [1.82, 2.24) is 0 Å². The Morgan fingerprint density at radius 2 is 0.788 bits per heavy atom. The van der Waals surface area contributed by atoms with E-state index in [2.05, 4.69) is 4.74 Å². The Hall–Kier alpha value is -2.06. The zero-order valence-corrected chi connectivity index (χ0v) is 19.6. The van der Waals surface area contributed by atoms with E-state index in [1.807, 2.05) is 0 Å². The molecule has 0 aromatic heterocycles. The highest BCUT2D eigenvalue weighted by Crippen LogP contribution is 2.15. The van der Waals surface area contributed by atoms with Crippen LogP contribution in [0.1, 0.15) is 116 Å². The van der Waals surface area contributed by atoms with Crippen molar-refractivity contribution < 1.29 is 42.9 Å². The number of hydrogen-bond donors (Lipinski definition) is 2. The van der Waals surface area contributed by atoms with E-state index in [0.717, 1.165) is 51.4 Å². The standard InChI is InChI=1S/C24H40F2O7/c25-19(15-11-7-3-1-5-9-13-17-21(27)28)23(31)33-24(32)20(26)16-12-8-4-2-6-10-14-18-22(29)30/h19-20H,1-18H2,(H,27,28)(H,29,30). The minimum absolute atomic E-state index is 0.0749. The summed E-state index contributed by atoms with van der Waals surface area (Å²) in [5.74, 6) is -4.27. The molecule has 0 radical (unpaired) electrons. The monoisotopic (exact) mass is 478 g/mol. The molecule has 2 N–H and O–H groups in total. The van der Waals surface area contributed by atoms with Crippen LogP contribution in [0.2, 0.25) is 0 Å². The second-order valence-corrected chi connectivity index (χ2v) is 8.49. The van der Waals surface area contributed by atoms with Crippen molar-refractivity contribution in [2.75, 3.05) is 0 Å². The van der Waals surface area contributed by atoms with Crippen molar-refractivity contribution in [2.45, 2.75) is 128 Å². The first-order chi connectivity index (χ1) is 15.7. The van der Waals surface area contributed by atoms with E-state index in [9.17, 15) is 28.0 Å². The Morgan fingerprint density at radius 1 is 0.515 bits per heavy atom. The van der Waals surface area contributed by atoms with Crippen molar-refractivity contribution in [2.24, 2.45) is 0 Å². The maximum atomic E-state index is 13.9. The molecule has 9 heteroatoms. The van der Waals surface area contributed by atoms with Gasteiger partial charge in [0, 0.05) is 12.8 Å². The highest BCUT2D eigenvalue weighted by molar-refractivity contribution is 5.89. The number of ether oxygens (including phenoxy) is 1. The van der Waals surface area contributed by atoms with Crippen molar-refractivity contribution in [3.05, 3.63) is 0 Å². The SMILES string of the molecule is O=C(O)CCCCCCCCCC(F)C(=O)OC(=O)C(F)CCCCCCCCCC(=O)O. The van der Waals surface area contributed by atoms with E-state index >= 15 is 0 Å². The molecule has 2 atom stereocenters. The average Bonchev–Trinajstić information content (AvgIpc) is 2.75. The van der Waals surface area contributed by atoms with E-state index in [1.54, 1.807) is 0 Å². The van der Waals surface area contributed by atoms with Crippen LogP contribution in [-0.4, -0.2) is 46.4 Å². The quantitative estimate of drug-likeness (QED) is 0.113. The van der Waals surface area contributed by atoms with E-state index in [-0.39, 0.29) is 25.7 Å². The van der Waals surface area contributed by atoms with Gasteiger partial charge < -0.3 is 14.9 Å². The van der Waals surface area contributed by atoms with Gasteiger partial charge in [0.1, 0.15) is 0 Å². The molecule has 0 saturated carbocycles. The largest absolute Gasteiger partial charge is 0.481 e. The molecular weight excluding hydrogens is 438 g/mol. The first-order valence-corrected chi connectivity index (χ1v) is 12.2. The molecule has 33 heavy (non-hydrogen) atoms. The van der Waals surface area contributed by atoms with Crippen molar-refractivity contribution in [1.29, 1.82) is 0 Å². The van der Waals surface area contributed by atoms with Crippen molar-refractivity contribution in [3.63, 3.8) is 0 Å². The van der Waals surface area contributed by atoms with Crippen LogP contribution < -0.4 is 0 Å². The number of carboxylic acid groups (broad SMARTS) is 2. The number of alkyl halides is 2. The van der Waals surface area contributed by atoms with Crippen LogP contribution in [-0.2, 0) is 23.9 Å². The average molecular weight is 479 g/mol. The molecule has 192 valence electrons. The third kappa shape index (κ3) is 20.3. The van der Waals surface area contributed by atoms with Crippen LogP contribution in [0.25, 0.3) is 0 Å². The number of carboxylic acids is 2. The van der Waals surface area contributed by atoms with Crippen LogP contribution >= 0.6 is 0 Å². The molecule has 0 bridgehead atoms. The van der Waals surface area contributed by atoms with Crippen LogP contribution in [0.5, 0.6) is 0 Å². The van der Waals surface area contributed by atoms with Gasteiger partial charge in [0.25, 0.3) is 0 Å². The van der Waals surface area contributed by atoms with E-state index in [1.165, 1.54) is 0 Å². The van der Waals surface area contributed by atoms with E-state index in [4.69, 9.17) is 10.2 Å². The molecule has 2 unspecified atom stereocenters. The number of esters is 2. The number of hydrogen-bond acceptors (Lipinski definition) is 5. The first kappa shape index (κ1) is 30.9. The third-order valence-electron chi connectivity index (χ3n) is 5.41. The topological polar surface area (TPSA) is 118 Å². The minimum Gasteiger partial charge on any atom is -0.481 e. The van der Waals surface area contributed by atoms with Gasteiger partial charge in [-0.05, 0) is 38.5 Å². The first-order valence-electron chi connectivity index (χ1n) is 12.2. The normalized spacial score (nSPS) is 12.8. The van der Waals surface area contributed by atoms with Crippen LogP contribution in [0, 0.1) is 0 Å². The molecule has 0 aromatic carbocycles. The predicted octanol–water partition coefficient (Wildman–Crippen LogP) is 5.92. The molecule has 0 aliphatic heterocycles. The van der Waals surface area contributed by atoms with Crippen molar-refractivity contribution in [3.8, 4) is 0 Å². The van der Waals surface area contributed by atoms with Gasteiger partial charge in [-0.1, -0.05) is 64.2 Å². The number of halogens is 2. The van der Waals surface area contributed by atoms with E-state index in [0.29, 0.717) is 38.5 Å². The predicted molar refractivity (Wildman–Crippen MR) is 119 cm³/mol. The summed E-state index contributed by atoms with van der Waals surface area (Å²) in [6.45, 7) is 0. The smallest absolute Gasteiger partial charge is 0.348 e. The Morgan fingerprint density at radius 3 is 1.09 bits per heavy atom. The molecule has 0 aliphatic carbocycles. The molecule has 0 rings (SSSR count). The summed E-state index contributed by atoms with van der Waals surface area (Å²) in [5.41, 5.74) is 0. The van der Waals surface area contributed by atoms with E-state index < -0.39 is 36.2 Å². The zero-order valence-electron chi connectivity index (χ0n) is 19.6. The summed E-state index contributed by atoms with van der Waals surface area (Å²) in [4.78, 5) is 44.0. The third-order valence-corrected chi connectivity index (χ3v) is 5.41. The molecule has 0 saturated heterocycles. The summed E-state index contributed by atoms with van der Waals surface area (Å²) in [7, 11) is 0. The zero-order chi connectivity index (χ0) is 24.9. The van der Waals surface area contributed by atoms with Crippen LogP contribution in [0.3, 0.4) is 0 Å². The summed E-state index contributed by atoms with van der Waals surface area (Å²) in [5, 5.41) is 17.1.